The Hall–Kier alpha value is -2.89. The quantitative estimate of drug-likeness (QED) is 0.0261. The van der Waals surface area contributed by atoms with Crippen molar-refractivity contribution in [1.29, 1.82) is 0 Å². The van der Waals surface area contributed by atoms with E-state index in [1.54, 1.807) is 0 Å². The summed E-state index contributed by atoms with van der Waals surface area (Å²) in [5, 5.41) is 0. The minimum atomic E-state index is -0.778. The SMILES string of the molecule is CCCCC/C=C\C/C=C\C/C=C\CCCCCCCCC(=O)OC(COC(=O)CCCCCCCCCCC)COC(=O)CCCCCCCCCCCCCCCCCCCCCCC/C=C\C/C=C\CCCCCCC. The van der Waals surface area contributed by atoms with Gasteiger partial charge in [0.2, 0.25) is 0 Å². The molecule has 0 amide bonds. The van der Waals surface area contributed by atoms with E-state index >= 15 is 0 Å². The molecule has 0 spiro atoms. The third kappa shape index (κ3) is 65.8. The molecule has 0 aromatic heterocycles. The van der Waals surface area contributed by atoms with Crippen LogP contribution in [0.5, 0.6) is 0 Å². The van der Waals surface area contributed by atoms with Gasteiger partial charge >= 0.3 is 17.9 Å². The molecule has 1 atom stereocenters. The van der Waals surface area contributed by atoms with Crippen LogP contribution in [0.1, 0.15) is 367 Å². The largest absolute Gasteiger partial charge is 0.462 e. The lowest BCUT2D eigenvalue weighted by Gasteiger charge is -2.18. The van der Waals surface area contributed by atoms with E-state index in [1.807, 2.05) is 0 Å². The van der Waals surface area contributed by atoms with Crippen molar-refractivity contribution in [3.63, 3.8) is 0 Å². The lowest BCUT2D eigenvalue weighted by atomic mass is 10.0. The first-order valence-corrected chi connectivity index (χ1v) is 34.8. The molecule has 0 aromatic rings. The topological polar surface area (TPSA) is 78.9 Å². The van der Waals surface area contributed by atoms with Crippen molar-refractivity contribution >= 4 is 17.9 Å². The summed E-state index contributed by atoms with van der Waals surface area (Å²) in [5.41, 5.74) is 0. The number of allylic oxidation sites excluding steroid dienone is 10. The molecule has 0 radical (unpaired) electrons. The van der Waals surface area contributed by atoms with Crippen molar-refractivity contribution in [2.45, 2.75) is 374 Å². The summed E-state index contributed by atoms with van der Waals surface area (Å²) >= 11 is 0. The Kier molecular flexibility index (Phi) is 65.1. The van der Waals surface area contributed by atoms with Crippen LogP contribution in [-0.2, 0) is 28.6 Å². The molecule has 1 unspecified atom stereocenters. The monoisotopic (exact) mass is 1110 g/mol. The lowest BCUT2D eigenvalue weighted by molar-refractivity contribution is -0.167. The van der Waals surface area contributed by atoms with Gasteiger partial charge in [-0.3, -0.25) is 14.4 Å². The van der Waals surface area contributed by atoms with Gasteiger partial charge in [-0.25, -0.2) is 0 Å². The van der Waals surface area contributed by atoms with E-state index in [2.05, 4.69) is 81.5 Å². The molecule has 0 rings (SSSR count). The predicted molar refractivity (Wildman–Crippen MR) is 344 cm³/mol. The van der Waals surface area contributed by atoms with Gasteiger partial charge in [0.25, 0.3) is 0 Å². The maximum absolute atomic E-state index is 12.9. The Labute approximate surface area is 491 Å². The fourth-order valence-electron chi connectivity index (χ4n) is 10.2. The third-order valence-electron chi connectivity index (χ3n) is 15.5. The summed E-state index contributed by atoms with van der Waals surface area (Å²) < 4.78 is 16.9. The molecule has 0 heterocycles. The third-order valence-corrected chi connectivity index (χ3v) is 15.5. The minimum absolute atomic E-state index is 0.0750. The van der Waals surface area contributed by atoms with E-state index in [9.17, 15) is 14.4 Å². The summed E-state index contributed by atoms with van der Waals surface area (Å²) in [6.45, 7) is 6.62. The second-order valence-electron chi connectivity index (χ2n) is 23.4. The summed E-state index contributed by atoms with van der Waals surface area (Å²) in [5.74, 6) is -0.871. The van der Waals surface area contributed by atoms with Crippen LogP contribution in [0.15, 0.2) is 60.8 Å². The highest BCUT2D eigenvalue weighted by Gasteiger charge is 2.19. The number of esters is 3. The molecule has 6 nitrogen and oxygen atoms in total. The maximum atomic E-state index is 12.9. The van der Waals surface area contributed by atoms with Gasteiger partial charge in [-0.1, -0.05) is 319 Å². The summed E-state index contributed by atoms with van der Waals surface area (Å²) in [6.07, 6.45) is 87.0. The van der Waals surface area contributed by atoms with Gasteiger partial charge < -0.3 is 14.2 Å². The van der Waals surface area contributed by atoms with Crippen LogP contribution in [0, 0.1) is 0 Å². The van der Waals surface area contributed by atoms with Crippen molar-refractivity contribution in [3.05, 3.63) is 60.8 Å². The van der Waals surface area contributed by atoms with E-state index in [-0.39, 0.29) is 31.1 Å². The first-order chi connectivity index (χ1) is 39.0. The molecule has 0 fully saturated rings. The van der Waals surface area contributed by atoms with Crippen LogP contribution in [0.3, 0.4) is 0 Å². The van der Waals surface area contributed by atoms with E-state index in [4.69, 9.17) is 14.2 Å². The Morgan fingerprint density at radius 2 is 0.456 bits per heavy atom. The average Bonchev–Trinajstić information content (AvgIpc) is 3.45. The predicted octanol–water partition coefficient (Wildman–Crippen LogP) is 23.9. The molecule has 79 heavy (non-hydrogen) atoms. The van der Waals surface area contributed by atoms with Crippen molar-refractivity contribution in [3.8, 4) is 0 Å². The van der Waals surface area contributed by atoms with Crippen molar-refractivity contribution in [1.82, 2.24) is 0 Å². The van der Waals surface area contributed by atoms with Gasteiger partial charge in [-0.2, -0.15) is 0 Å². The van der Waals surface area contributed by atoms with Crippen molar-refractivity contribution in [2.24, 2.45) is 0 Å². The van der Waals surface area contributed by atoms with Gasteiger partial charge in [0.15, 0.2) is 6.10 Å². The molecule has 0 saturated heterocycles. The molecular weight excluding hydrogens is 973 g/mol. The number of ether oxygens (including phenoxy) is 3. The van der Waals surface area contributed by atoms with E-state index in [0.717, 1.165) is 83.5 Å². The van der Waals surface area contributed by atoms with Crippen molar-refractivity contribution < 1.29 is 28.6 Å². The zero-order valence-corrected chi connectivity index (χ0v) is 52.9. The Balaban J connectivity index is 4.06. The highest BCUT2D eigenvalue weighted by atomic mass is 16.6. The molecule has 0 aliphatic rings. The Morgan fingerprint density at radius 1 is 0.253 bits per heavy atom. The molecule has 0 bridgehead atoms. The van der Waals surface area contributed by atoms with E-state index in [0.29, 0.717) is 19.3 Å². The number of unbranched alkanes of at least 4 members (excludes halogenated alkanes) is 43. The summed E-state index contributed by atoms with van der Waals surface area (Å²) in [4.78, 5) is 38.2. The number of hydrogen-bond acceptors (Lipinski definition) is 6. The first kappa shape index (κ1) is 76.1. The van der Waals surface area contributed by atoms with Crippen LogP contribution in [0.4, 0.5) is 0 Å². The van der Waals surface area contributed by atoms with Crippen LogP contribution < -0.4 is 0 Å². The van der Waals surface area contributed by atoms with Crippen LogP contribution in [-0.4, -0.2) is 37.2 Å². The van der Waals surface area contributed by atoms with Crippen molar-refractivity contribution in [2.75, 3.05) is 13.2 Å². The molecule has 0 saturated carbocycles. The standard InChI is InChI=1S/C73H132O6/c1-4-7-10-13-16-19-21-23-25-27-29-30-31-32-33-34-35-36-37-38-39-40-41-42-44-45-47-49-51-54-57-60-63-66-72(75)78-69-70(68-77-71(74)65-62-59-56-53-18-15-12-9-6-3)79-73(76)67-64-61-58-55-52-50-48-46-43-28-26-24-22-20-17-14-11-8-5-2/h17,20-21,23-24,26-27,29,43,46,70H,4-16,18-19,22,25,28,30-42,44-45,47-69H2,1-3H3/b20-17-,23-21-,26-24-,29-27-,46-43-. The van der Waals surface area contributed by atoms with Gasteiger partial charge in [0.05, 0.1) is 0 Å². The van der Waals surface area contributed by atoms with Crippen LogP contribution in [0.25, 0.3) is 0 Å². The first-order valence-electron chi connectivity index (χ1n) is 34.8. The molecule has 0 N–H and O–H groups in total. The maximum Gasteiger partial charge on any atom is 0.306 e. The molecule has 0 aliphatic heterocycles. The van der Waals surface area contributed by atoms with Gasteiger partial charge in [-0.15, -0.1) is 0 Å². The fraction of sp³-hybridized carbons (Fsp3) is 0.822. The zero-order chi connectivity index (χ0) is 57.1. The second kappa shape index (κ2) is 67.6. The highest BCUT2D eigenvalue weighted by Crippen LogP contribution is 2.18. The molecule has 0 aliphatic carbocycles. The molecule has 0 aromatic carbocycles. The Morgan fingerprint density at radius 3 is 0.734 bits per heavy atom. The van der Waals surface area contributed by atoms with Gasteiger partial charge in [0.1, 0.15) is 13.2 Å². The number of rotatable bonds is 64. The number of hydrogen-bond donors (Lipinski definition) is 0. The number of carbonyl (C=O) groups is 3. The zero-order valence-electron chi connectivity index (χ0n) is 52.9. The van der Waals surface area contributed by atoms with E-state index in [1.165, 1.54) is 244 Å². The second-order valence-corrected chi connectivity index (χ2v) is 23.4. The summed E-state index contributed by atoms with van der Waals surface area (Å²) in [6, 6.07) is 0. The Bertz CT molecular complexity index is 1410. The number of carbonyl (C=O) groups excluding carboxylic acids is 3. The molecular formula is C73H132O6. The average molecular weight is 1110 g/mol. The van der Waals surface area contributed by atoms with E-state index < -0.39 is 6.10 Å². The summed E-state index contributed by atoms with van der Waals surface area (Å²) in [7, 11) is 0. The normalized spacial score (nSPS) is 12.4. The smallest absolute Gasteiger partial charge is 0.306 e. The molecule has 6 heteroatoms. The lowest BCUT2D eigenvalue weighted by Crippen LogP contribution is -2.30. The van der Waals surface area contributed by atoms with Crippen LogP contribution >= 0.6 is 0 Å². The van der Waals surface area contributed by atoms with Gasteiger partial charge in [0, 0.05) is 19.3 Å². The van der Waals surface area contributed by atoms with Crippen LogP contribution in [0.2, 0.25) is 0 Å². The van der Waals surface area contributed by atoms with Gasteiger partial charge in [-0.05, 0) is 89.9 Å². The molecule has 460 valence electrons. The highest BCUT2D eigenvalue weighted by molar-refractivity contribution is 5.71. The fourth-order valence-corrected chi connectivity index (χ4v) is 10.2. The minimum Gasteiger partial charge on any atom is -0.462 e.